The molecule has 0 saturated carbocycles. The van der Waals surface area contributed by atoms with Crippen LogP contribution in [0, 0.1) is 6.92 Å². The van der Waals surface area contributed by atoms with Crippen LogP contribution in [0.5, 0.6) is 11.5 Å². The number of ether oxygens (including phenoxy) is 2. The van der Waals surface area contributed by atoms with Crippen molar-refractivity contribution in [3.05, 3.63) is 80.5 Å². The lowest BCUT2D eigenvalue weighted by atomic mass is 10.1. The summed E-state index contributed by atoms with van der Waals surface area (Å²) in [7, 11) is 1.64. The highest BCUT2D eigenvalue weighted by atomic mass is 35.5. The Labute approximate surface area is 163 Å². The van der Waals surface area contributed by atoms with Crippen molar-refractivity contribution in [1.82, 2.24) is 5.32 Å². The molecule has 0 bridgehead atoms. The third kappa shape index (κ3) is 5.01. The lowest BCUT2D eigenvalue weighted by Crippen LogP contribution is -2.12. The van der Waals surface area contributed by atoms with Gasteiger partial charge in [-0.1, -0.05) is 47.5 Å². The fourth-order valence-corrected chi connectivity index (χ4v) is 3.58. The van der Waals surface area contributed by atoms with Gasteiger partial charge in [0.1, 0.15) is 6.61 Å². The molecule has 0 spiro atoms. The summed E-state index contributed by atoms with van der Waals surface area (Å²) in [4.78, 5) is 1.30. The highest BCUT2D eigenvalue weighted by Gasteiger charge is 2.11. The van der Waals surface area contributed by atoms with Crippen molar-refractivity contribution in [3.63, 3.8) is 0 Å². The fourth-order valence-electron chi connectivity index (χ4n) is 2.68. The molecule has 0 unspecified atom stereocenters. The van der Waals surface area contributed by atoms with Gasteiger partial charge in [-0.2, -0.15) is 0 Å². The summed E-state index contributed by atoms with van der Waals surface area (Å²) in [6.45, 7) is 4.04. The smallest absolute Gasteiger partial charge is 0.163 e. The molecule has 136 valence electrons. The van der Waals surface area contributed by atoms with E-state index < -0.39 is 0 Å². The number of rotatable bonds is 8. The van der Waals surface area contributed by atoms with Crippen LogP contribution >= 0.6 is 22.9 Å². The minimum Gasteiger partial charge on any atom is -0.493 e. The molecule has 1 heterocycles. The molecule has 0 amide bonds. The summed E-state index contributed by atoms with van der Waals surface area (Å²) in [5, 5.41) is 6.16. The van der Waals surface area contributed by atoms with Crippen molar-refractivity contribution >= 4 is 22.9 Å². The molecule has 0 aliphatic carbocycles. The predicted octanol–water partition coefficient (Wildman–Crippen LogP) is 5.59. The lowest BCUT2D eigenvalue weighted by molar-refractivity contribution is 0.284. The van der Waals surface area contributed by atoms with Crippen molar-refractivity contribution < 1.29 is 9.47 Å². The molecule has 5 heteroatoms. The maximum atomic E-state index is 6.45. The molecule has 0 aliphatic heterocycles. The number of hydrogen-bond acceptors (Lipinski definition) is 4. The Morgan fingerprint density at radius 1 is 1.04 bits per heavy atom. The summed E-state index contributed by atoms with van der Waals surface area (Å²) >= 11 is 8.19. The first-order valence-corrected chi connectivity index (χ1v) is 9.69. The molecule has 1 N–H and O–H groups in total. The van der Waals surface area contributed by atoms with E-state index in [9.17, 15) is 0 Å². The molecule has 26 heavy (non-hydrogen) atoms. The summed E-state index contributed by atoms with van der Waals surface area (Å²) in [5.74, 6) is 1.34. The maximum absolute atomic E-state index is 6.45. The van der Waals surface area contributed by atoms with Crippen LogP contribution in [-0.4, -0.2) is 7.11 Å². The third-order valence-electron chi connectivity index (χ3n) is 4.00. The Balaban J connectivity index is 1.66. The Kier molecular flexibility index (Phi) is 6.56. The maximum Gasteiger partial charge on any atom is 0.163 e. The van der Waals surface area contributed by atoms with Crippen LogP contribution in [0.4, 0.5) is 0 Å². The number of halogens is 1. The van der Waals surface area contributed by atoms with E-state index >= 15 is 0 Å². The molecule has 0 atom stereocenters. The van der Waals surface area contributed by atoms with Crippen molar-refractivity contribution in [2.24, 2.45) is 0 Å². The number of nitrogens with one attached hydrogen (secondary N) is 1. The van der Waals surface area contributed by atoms with E-state index in [4.69, 9.17) is 21.1 Å². The summed E-state index contributed by atoms with van der Waals surface area (Å²) in [6, 6.07) is 16.2. The summed E-state index contributed by atoms with van der Waals surface area (Å²) in [5.41, 5.74) is 3.32. The van der Waals surface area contributed by atoms with E-state index in [1.165, 1.54) is 10.4 Å². The normalized spacial score (nSPS) is 10.7. The average molecular weight is 388 g/mol. The van der Waals surface area contributed by atoms with Gasteiger partial charge in [0.15, 0.2) is 11.5 Å². The first-order chi connectivity index (χ1) is 12.7. The van der Waals surface area contributed by atoms with E-state index in [1.54, 1.807) is 18.4 Å². The zero-order chi connectivity index (χ0) is 18.4. The Morgan fingerprint density at radius 3 is 2.65 bits per heavy atom. The topological polar surface area (TPSA) is 30.5 Å². The van der Waals surface area contributed by atoms with Crippen LogP contribution in [-0.2, 0) is 19.7 Å². The zero-order valence-electron chi connectivity index (χ0n) is 14.9. The standard InChI is InChI=1S/C21H22ClNO2S/c1-15-5-3-6-16(9-15)14-25-21-11-19(22)17(10-20(21)24-2)12-23-13-18-7-4-8-26-18/h3-11,23H,12-14H2,1-2H3. The van der Waals surface area contributed by atoms with E-state index in [-0.39, 0.29) is 0 Å². The van der Waals surface area contributed by atoms with Gasteiger partial charge < -0.3 is 14.8 Å². The molecule has 2 aromatic carbocycles. The van der Waals surface area contributed by atoms with E-state index in [2.05, 4.69) is 41.9 Å². The number of benzene rings is 2. The molecular formula is C21H22ClNO2S. The van der Waals surface area contributed by atoms with E-state index in [1.807, 2.05) is 24.3 Å². The lowest BCUT2D eigenvalue weighted by Gasteiger charge is -2.14. The highest BCUT2D eigenvalue weighted by Crippen LogP contribution is 2.34. The molecule has 0 saturated heterocycles. The van der Waals surface area contributed by atoms with Crippen LogP contribution < -0.4 is 14.8 Å². The molecule has 3 rings (SSSR count). The molecule has 0 aliphatic rings. The van der Waals surface area contributed by atoms with Gasteiger partial charge >= 0.3 is 0 Å². The Hall–Kier alpha value is -2.01. The van der Waals surface area contributed by atoms with Crippen molar-refractivity contribution in [2.45, 2.75) is 26.6 Å². The number of methoxy groups -OCH3 is 1. The zero-order valence-corrected chi connectivity index (χ0v) is 16.5. The number of hydrogen-bond donors (Lipinski definition) is 1. The SMILES string of the molecule is COc1cc(CNCc2cccs2)c(Cl)cc1OCc1cccc(C)c1. The van der Waals surface area contributed by atoms with E-state index in [0.717, 1.165) is 17.7 Å². The average Bonchev–Trinajstić information content (AvgIpc) is 3.15. The molecule has 3 aromatic rings. The third-order valence-corrected chi connectivity index (χ3v) is 5.23. The van der Waals surface area contributed by atoms with Gasteiger partial charge in [-0.3, -0.25) is 0 Å². The summed E-state index contributed by atoms with van der Waals surface area (Å²) in [6.07, 6.45) is 0. The minimum absolute atomic E-state index is 0.477. The van der Waals surface area contributed by atoms with Crippen LogP contribution in [0.1, 0.15) is 21.6 Å². The molecule has 0 fully saturated rings. The Morgan fingerprint density at radius 2 is 1.92 bits per heavy atom. The van der Waals surface area contributed by atoms with Gasteiger partial charge in [-0.15, -0.1) is 11.3 Å². The van der Waals surface area contributed by atoms with Crippen LogP contribution in [0.25, 0.3) is 0 Å². The van der Waals surface area contributed by atoms with Crippen LogP contribution in [0.3, 0.4) is 0 Å². The van der Waals surface area contributed by atoms with Crippen molar-refractivity contribution in [1.29, 1.82) is 0 Å². The molecule has 0 radical (unpaired) electrons. The highest BCUT2D eigenvalue weighted by molar-refractivity contribution is 7.09. The quantitative estimate of drug-likeness (QED) is 0.546. The van der Waals surface area contributed by atoms with E-state index in [0.29, 0.717) is 29.7 Å². The number of thiophene rings is 1. The molecule has 1 aromatic heterocycles. The first-order valence-electron chi connectivity index (χ1n) is 8.43. The largest absolute Gasteiger partial charge is 0.493 e. The summed E-state index contributed by atoms with van der Waals surface area (Å²) < 4.78 is 11.4. The van der Waals surface area contributed by atoms with Gasteiger partial charge in [-0.05, 0) is 35.6 Å². The van der Waals surface area contributed by atoms with Gasteiger partial charge in [0.2, 0.25) is 0 Å². The predicted molar refractivity (Wildman–Crippen MR) is 108 cm³/mol. The molecular weight excluding hydrogens is 366 g/mol. The fraction of sp³-hybridized carbons (Fsp3) is 0.238. The van der Waals surface area contributed by atoms with Gasteiger partial charge in [0.05, 0.1) is 7.11 Å². The first kappa shape index (κ1) is 18.8. The van der Waals surface area contributed by atoms with Crippen LogP contribution in [0.2, 0.25) is 5.02 Å². The Bertz CT molecular complexity index is 849. The van der Waals surface area contributed by atoms with Crippen LogP contribution in [0.15, 0.2) is 53.9 Å². The van der Waals surface area contributed by atoms with Gasteiger partial charge in [0, 0.05) is 29.1 Å². The molecule has 3 nitrogen and oxygen atoms in total. The minimum atomic E-state index is 0.477. The second-order valence-corrected chi connectivity index (χ2v) is 7.49. The monoisotopic (exact) mass is 387 g/mol. The van der Waals surface area contributed by atoms with Crippen molar-refractivity contribution in [2.75, 3.05) is 7.11 Å². The van der Waals surface area contributed by atoms with Gasteiger partial charge in [-0.25, -0.2) is 0 Å². The number of aryl methyl sites for hydroxylation is 1. The van der Waals surface area contributed by atoms with Gasteiger partial charge in [0.25, 0.3) is 0 Å². The van der Waals surface area contributed by atoms with Crippen molar-refractivity contribution in [3.8, 4) is 11.5 Å². The second-order valence-electron chi connectivity index (χ2n) is 6.06. The second kappa shape index (κ2) is 9.08.